The summed E-state index contributed by atoms with van der Waals surface area (Å²) in [5, 5.41) is 50.3. The highest BCUT2D eigenvalue weighted by Crippen LogP contribution is 2.07. The van der Waals surface area contributed by atoms with Crippen LogP contribution in [-0.4, -0.2) is 107 Å². The molecule has 0 radical (unpaired) electrons. The summed E-state index contributed by atoms with van der Waals surface area (Å²) >= 11 is 0. The first-order valence-electron chi connectivity index (χ1n) is 11.9. The lowest BCUT2D eigenvalue weighted by Crippen LogP contribution is -2.11. The van der Waals surface area contributed by atoms with Gasteiger partial charge in [-0.2, -0.15) is 0 Å². The van der Waals surface area contributed by atoms with Crippen LogP contribution in [0.15, 0.2) is 23.3 Å². The average molecular weight is 539 g/mol. The van der Waals surface area contributed by atoms with Gasteiger partial charge in [0.2, 0.25) is 0 Å². The lowest BCUT2D eigenvalue weighted by molar-refractivity contribution is -0.135. The van der Waals surface area contributed by atoms with E-state index in [0.29, 0.717) is 65.3 Å². The van der Waals surface area contributed by atoms with Crippen LogP contribution in [0.3, 0.4) is 0 Å². The topological polar surface area (TPSA) is 217 Å². The second-order valence-electron chi connectivity index (χ2n) is 7.12. The molecule has 0 aliphatic rings. The van der Waals surface area contributed by atoms with Crippen molar-refractivity contribution >= 4 is 23.9 Å². The quantitative estimate of drug-likeness (QED) is 0.0959. The molecule has 37 heavy (non-hydrogen) atoms. The fraction of sp³-hybridized carbons (Fsp3) is 0.667. The lowest BCUT2D eigenvalue weighted by atomic mass is 10.1. The molecule has 0 unspecified atom stereocenters. The van der Waals surface area contributed by atoms with Crippen LogP contribution in [0.4, 0.5) is 0 Å². The minimum atomic E-state index is -1.21. The van der Waals surface area contributed by atoms with Crippen molar-refractivity contribution in [2.75, 3.05) is 52.9 Å². The minimum absolute atomic E-state index is 0.0376. The number of carboxylic acids is 4. The Morgan fingerprint density at radius 3 is 1.08 bits per heavy atom. The molecule has 0 saturated heterocycles. The van der Waals surface area contributed by atoms with Gasteiger partial charge in [-0.3, -0.25) is 0 Å². The van der Waals surface area contributed by atoms with Crippen molar-refractivity contribution in [3.05, 3.63) is 23.3 Å². The number of carbonyl (C=O) groups is 4. The summed E-state index contributed by atoms with van der Waals surface area (Å²) in [5.41, 5.74) is -0.0753. The zero-order valence-corrected chi connectivity index (χ0v) is 21.6. The normalized spacial score (nSPS) is 11.0. The van der Waals surface area contributed by atoms with Gasteiger partial charge >= 0.3 is 23.9 Å². The Morgan fingerprint density at radius 1 is 0.568 bits per heavy atom. The maximum atomic E-state index is 10.4. The van der Waals surface area contributed by atoms with Gasteiger partial charge in [0.05, 0.1) is 52.9 Å². The molecular weight excluding hydrogens is 496 g/mol. The summed E-state index contributed by atoms with van der Waals surface area (Å²) in [6.07, 6.45) is 5.23. The first-order chi connectivity index (χ1) is 17.6. The van der Waals surface area contributed by atoms with E-state index in [4.69, 9.17) is 44.8 Å². The van der Waals surface area contributed by atoms with Crippen molar-refractivity contribution in [3.8, 4) is 0 Å². The van der Waals surface area contributed by atoms with Gasteiger partial charge in [-0.1, -0.05) is 26.7 Å². The van der Waals surface area contributed by atoms with Crippen molar-refractivity contribution in [2.24, 2.45) is 0 Å². The smallest absolute Gasteiger partial charge is 0.331 e. The molecule has 0 bridgehead atoms. The van der Waals surface area contributed by atoms with Crippen LogP contribution in [0.1, 0.15) is 52.4 Å². The van der Waals surface area contributed by atoms with Gasteiger partial charge < -0.3 is 44.8 Å². The molecule has 0 saturated carbocycles. The monoisotopic (exact) mass is 538 g/mol. The minimum Gasteiger partial charge on any atom is -0.478 e. The van der Waals surface area contributed by atoms with E-state index in [1.54, 1.807) is 0 Å². The molecule has 0 rings (SSSR count). The van der Waals surface area contributed by atoms with Crippen molar-refractivity contribution in [2.45, 2.75) is 52.4 Å². The predicted molar refractivity (Wildman–Crippen MR) is 132 cm³/mol. The third kappa shape index (κ3) is 33.2. The highest BCUT2D eigenvalue weighted by atomic mass is 16.5. The zero-order valence-electron chi connectivity index (χ0n) is 21.6. The van der Waals surface area contributed by atoms with Gasteiger partial charge in [0.25, 0.3) is 0 Å². The number of aliphatic hydroxyl groups is 2. The Balaban J connectivity index is -0.000000469. The summed E-state index contributed by atoms with van der Waals surface area (Å²) in [4.78, 5) is 41.1. The van der Waals surface area contributed by atoms with E-state index >= 15 is 0 Å². The first-order valence-corrected chi connectivity index (χ1v) is 11.9. The van der Waals surface area contributed by atoms with E-state index in [1.807, 2.05) is 13.8 Å². The van der Waals surface area contributed by atoms with Crippen LogP contribution in [-0.2, 0) is 33.4 Å². The van der Waals surface area contributed by atoms with E-state index in [9.17, 15) is 19.2 Å². The Bertz CT molecular complexity index is 616. The molecule has 0 aliphatic heterocycles. The zero-order chi connectivity index (χ0) is 28.9. The molecule has 216 valence electrons. The van der Waals surface area contributed by atoms with Gasteiger partial charge in [-0.05, 0) is 25.7 Å². The standard InChI is InChI=1S/C8H18O5.2C8H12O4/c9-1-3-11-5-7-13-8-6-12-4-2-10;2*1-2-3-4-6(8(11)12)5-7(9)10/h9-10H,1-8H2;2*5H,2-4H2,1H3,(H,9,10)(H,11,12). The van der Waals surface area contributed by atoms with Crippen molar-refractivity contribution in [1.29, 1.82) is 0 Å². The molecule has 0 aromatic heterocycles. The van der Waals surface area contributed by atoms with Crippen molar-refractivity contribution in [3.63, 3.8) is 0 Å². The maximum Gasteiger partial charge on any atom is 0.331 e. The van der Waals surface area contributed by atoms with Crippen LogP contribution in [0, 0.1) is 0 Å². The Hall–Kier alpha value is -2.84. The number of aliphatic carboxylic acids is 4. The second kappa shape index (κ2) is 29.4. The summed E-state index contributed by atoms with van der Waals surface area (Å²) < 4.78 is 15.0. The fourth-order valence-electron chi connectivity index (χ4n) is 2.19. The Morgan fingerprint density at radius 2 is 0.865 bits per heavy atom. The maximum absolute atomic E-state index is 10.4. The number of aliphatic hydroxyl groups excluding tert-OH is 2. The Kier molecular flexibility index (Phi) is 30.7. The number of carboxylic acid groups (broad SMARTS) is 4. The number of hydrogen-bond acceptors (Lipinski definition) is 9. The number of hydrogen-bond donors (Lipinski definition) is 6. The third-order valence-corrected chi connectivity index (χ3v) is 3.96. The van der Waals surface area contributed by atoms with E-state index in [2.05, 4.69) is 0 Å². The highest BCUT2D eigenvalue weighted by Gasteiger charge is 2.08. The van der Waals surface area contributed by atoms with Crippen LogP contribution < -0.4 is 0 Å². The molecule has 0 aromatic carbocycles. The molecule has 13 nitrogen and oxygen atoms in total. The van der Waals surface area contributed by atoms with Crippen LogP contribution in [0.5, 0.6) is 0 Å². The van der Waals surface area contributed by atoms with Crippen molar-refractivity contribution in [1.82, 2.24) is 0 Å². The SMILES string of the molecule is CCCCC(=CC(=O)O)C(=O)O.CCCCC(=CC(=O)O)C(=O)O.OCCOCCOCCOCCO. The number of rotatable bonds is 20. The molecule has 6 N–H and O–H groups in total. The molecule has 0 fully saturated rings. The average Bonchev–Trinajstić information content (AvgIpc) is 2.83. The van der Waals surface area contributed by atoms with Gasteiger partial charge in [0.1, 0.15) is 0 Å². The van der Waals surface area contributed by atoms with E-state index < -0.39 is 23.9 Å². The van der Waals surface area contributed by atoms with Crippen molar-refractivity contribution < 1.29 is 64.0 Å². The molecule has 0 aromatic rings. The summed E-state index contributed by atoms with van der Waals surface area (Å²) in [6, 6.07) is 0. The third-order valence-electron chi connectivity index (χ3n) is 3.96. The van der Waals surface area contributed by atoms with Crippen LogP contribution >= 0.6 is 0 Å². The number of ether oxygens (including phenoxy) is 3. The van der Waals surface area contributed by atoms with Crippen LogP contribution in [0.25, 0.3) is 0 Å². The lowest BCUT2D eigenvalue weighted by Gasteiger charge is -2.04. The molecule has 13 heteroatoms. The van der Waals surface area contributed by atoms with Gasteiger partial charge in [0, 0.05) is 23.3 Å². The summed E-state index contributed by atoms with van der Waals surface area (Å²) in [7, 11) is 0. The highest BCUT2D eigenvalue weighted by molar-refractivity contribution is 5.95. The summed E-state index contributed by atoms with van der Waals surface area (Å²) in [5.74, 6) is -4.70. The van der Waals surface area contributed by atoms with Gasteiger partial charge in [0.15, 0.2) is 0 Å². The van der Waals surface area contributed by atoms with E-state index in [-0.39, 0.29) is 24.4 Å². The largest absolute Gasteiger partial charge is 0.478 e. The molecular formula is C24H42O13. The molecule has 0 spiro atoms. The molecule has 0 atom stereocenters. The number of unbranched alkanes of at least 4 members (excludes halogenated alkanes) is 2. The van der Waals surface area contributed by atoms with Crippen LogP contribution in [0.2, 0.25) is 0 Å². The molecule has 0 amide bonds. The first kappa shape index (κ1) is 38.7. The van der Waals surface area contributed by atoms with E-state index in [1.165, 1.54) is 0 Å². The predicted octanol–water partition coefficient (Wildman–Crippen LogP) is 1.57. The van der Waals surface area contributed by atoms with Gasteiger partial charge in [-0.25, -0.2) is 19.2 Å². The summed E-state index contributed by atoms with van der Waals surface area (Å²) in [6.45, 7) is 6.60. The molecule has 0 aliphatic carbocycles. The van der Waals surface area contributed by atoms with Gasteiger partial charge in [-0.15, -0.1) is 0 Å². The molecule has 0 heterocycles. The fourth-order valence-corrected chi connectivity index (χ4v) is 2.19. The second-order valence-corrected chi connectivity index (χ2v) is 7.12. The Labute approximate surface area is 217 Å². The van der Waals surface area contributed by atoms with E-state index in [0.717, 1.165) is 25.0 Å².